The molecule has 0 aliphatic rings. The van der Waals surface area contributed by atoms with Crippen LogP contribution in [-0.4, -0.2) is 46.9 Å². The van der Waals surface area contributed by atoms with Crippen molar-refractivity contribution >= 4 is 11.9 Å². The molecule has 0 bridgehead atoms. The zero-order valence-corrected chi connectivity index (χ0v) is 35.8. The number of unbranched alkanes of at least 4 members (excludes halogenated alkanes) is 20. The van der Waals surface area contributed by atoms with Crippen LogP contribution in [-0.2, 0) is 14.3 Å². The lowest BCUT2D eigenvalue weighted by Crippen LogP contribution is -2.46. The number of rotatable bonds is 39. The molecule has 0 saturated heterocycles. The maximum atomic E-state index is 13.1. The Hall–Kier alpha value is -2.70. The minimum atomic E-state index is -0.820. The fourth-order valence-corrected chi connectivity index (χ4v) is 6.44. The molecule has 6 heteroatoms. The van der Waals surface area contributed by atoms with Crippen LogP contribution in [0.1, 0.15) is 201 Å². The molecular weight excluding hydrogens is 683 g/mol. The van der Waals surface area contributed by atoms with Crippen molar-refractivity contribution in [2.24, 2.45) is 0 Å². The summed E-state index contributed by atoms with van der Waals surface area (Å²) in [6, 6.07) is -0.742. The first-order chi connectivity index (χ1) is 27.0. The highest BCUT2D eigenvalue weighted by Gasteiger charge is 2.23. The second-order valence-electron chi connectivity index (χ2n) is 15.2. The van der Waals surface area contributed by atoms with Gasteiger partial charge in [0.05, 0.1) is 25.2 Å². The second kappa shape index (κ2) is 42.4. The van der Waals surface area contributed by atoms with E-state index in [0.29, 0.717) is 19.3 Å². The SMILES string of the molecule is CC/C=C/C=C/C=C\C=C/C=C/CC(CC(=O)NC(CO)C(O)CCCCCCCCCCCCC)OC(=O)CCCCC/C=C\CCCCCCCCC. The fraction of sp³-hybridized carbons (Fsp3) is 0.714. The lowest BCUT2D eigenvalue weighted by atomic mass is 10.0. The minimum absolute atomic E-state index is 0.0268. The summed E-state index contributed by atoms with van der Waals surface area (Å²) in [5.74, 6) is -0.632. The lowest BCUT2D eigenvalue weighted by Gasteiger charge is -2.24. The number of carbonyl (C=O) groups is 2. The predicted octanol–water partition coefficient (Wildman–Crippen LogP) is 13.1. The van der Waals surface area contributed by atoms with Gasteiger partial charge in [-0.05, 0) is 44.9 Å². The van der Waals surface area contributed by atoms with E-state index in [1.165, 1.54) is 96.3 Å². The Bertz CT molecular complexity index is 1040. The minimum Gasteiger partial charge on any atom is -0.461 e. The highest BCUT2D eigenvalue weighted by Crippen LogP contribution is 2.15. The van der Waals surface area contributed by atoms with E-state index in [1.807, 2.05) is 54.7 Å². The number of esters is 1. The van der Waals surface area contributed by atoms with Gasteiger partial charge < -0.3 is 20.3 Å². The van der Waals surface area contributed by atoms with Crippen LogP contribution < -0.4 is 5.32 Å². The molecule has 1 amide bonds. The van der Waals surface area contributed by atoms with E-state index in [4.69, 9.17) is 4.74 Å². The van der Waals surface area contributed by atoms with Crippen molar-refractivity contribution in [2.45, 2.75) is 219 Å². The molecule has 316 valence electrons. The Kier molecular flexibility index (Phi) is 40.4. The number of nitrogens with one attached hydrogen (secondary N) is 1. The third-order valence-electron chi connectivity index (χ3n) is 9.90. The molecule has 0 saturated carbocycles. The van der Waals surface area contributed by atoms with E-state index in [0.717, 1.165) is 57.8 Å². The quantitative estimate of drug-likeness (QED) is 0.0250. The van der Waals surface area contributed by atoms with Crippen LogP contribution in [0.4, 0.5) is 0 Å². The molecule has 0 aliphatic carbocycles. The highest BCUT2D eigenvalue weighted by atomic mass is 16.5. The molecule has 0 spiro atoms. The van der Waals surface area contributed by atoms with Crippen molar-refractivity contribution in [3.05, 3.63) is 72.9 Å². The van der Waals surface area contributed by atoms with Crippen LogP contribution in [0.5, 0.6) is 0 Å². The summed E-state index contributed by atoms with van der Waals surface area (Å²) in [5, 5.41) is 23.5. The molecule has 0 radical (unpaired) electrons. The Morgan fingerprint density at radius 3 is 1.53 bits per heavy atom. The number of allylic oxidation sites excluding steroid dienone is 11. The van der Waals surface area contributed by atoms with E-state index < -0.39 is 18.2 Å². The zero-order chi connectivity index (χ0) is 40.3. The third-order valence-corrected chi connectivity index (χ3v) is 9.90. The van der Waals surface area contributed by atoms with Crippen LogP contribution >= 0.6 is 0 Å². The largest absolute Gasteiger partial charge is 0.461 e. The van der Waals surface area contributed by atoms with Crippen molar-refractivity contribution in [3.8, 4) is 0 Å². The first kappa shape index (κ1) is 52.3. The summed E-state index contributed by atoms with van der Waals surface area (Å²) in [5.41, 5.74) is 0. The molecule has 0 heterocycles. The monoisotopic (exact) mass is 768 g/mol. The van der Waals surface area contributed by atoms with Gasteiger partial charge in [-0.15, -0.1) is 0 Å². The first-order valence-corrected chi connectivity index (χ1v) is 22.7. The van der Waals surface area contributed by atoms with Crippen molar-refractivity contribution in [3.63, 3.8) is 0 Å². The van der Waals surface area contributed by atoms with Crippen molar-refractivity contribution < 1.29 is 24.5 Å². The Morgan fingerprint density at radius 2 is 1.02 bits per heavy atom. The summed E-state index contributed by atoms with van der Waals surface area (Å²) >= 11 is 0. The molecule has 3 N–H and O–H groups in total. The van der Waals surface area contributed by atoms with Gasteiger partial charge in [0.25, 0.3) is 0 Å². The van der Waals surface area contributed by atoms with Gasteiger partial charge in [0.1, 0.15) is 6.10 Å². The Labute approximate surface area is 339 Å². The van der Waals surface area contributed by atoms with Crippen LogP contribution in [0.15, 0.2) is 72.9 Å². The number of carbonyl (C=O) groups excluding carboxylic acids is 2. The lowest BCUT2D eigenvalue weighted by molar-refractivity contribution is -0.150. The summed E-state index contributed by atoms with van der Waals surface area (Å²) in [7, 11) is 0. The van der Waals surface area contributed by atoms with Gasteiger partial charge in [-0.25, -0.2) is 0 Å². The average Bonchev–Trinajstić information content (AvgIpc) is 3.18. The van der Waals surface area contributed by atoms with E-state index in [9.17, 15) is 19.8 Å². The Morgan fingerprint density at radius 1 is 0.564 bits per heavy atom. The van der Waals surface area contributed by atoms with Crippen molar-refractivity contribution in [2.75, 3.05) is 6.61 Å². The van der Waals surface area contributed by atoms with E-state index in [1.54, 1.807) is 0 Å². The third kappa shape index (κ3) is 38.0. The molecule has 3 atom stereocenters. The van der Waals surface area contributed by atoms with Gasteiger partial charge in [-0.2, -0.15) is 0 Å². The molecule has 0 rings (SSSR count). The molecule has 0 aliphatic heterocycles. The topological polar surface area (TPSA) is 95.9 Å². The van der Waals surface area contributed by atoms with Gasteiger partial charge in [0.2, 0.25) is 5.91 Å². The summed E-state index contributed by atoms with van der Waals surface area (Å²) < 4.78 is 5.80. The number of amides is 1. The van der Waals surface area contributed by atoms with Crippen LogP contribution in [0, 0.1) is 0 Å². The number of aliphatic hydroxyl groups excluding tert-OH is 2. The molecule has 55 heavy (non-hydrogen) atoms. The van der Waals surface area contributed by atoms with E-state index in [2.05, 4.69) is 44.3 Å². The smallest absolute Gasteiger partial charge is 0.306 e. The normalized spacial score (nSPS) is 14.1. The maximum Gasteiger partial charge on any atom is 0.306 e. The molecule has 0 aromatic heterocycles. The second-order valence-corrected chi connectivity index (χ2v) is 15.2. The van der Waals surface area contributed by atoms with Crippen molar-refractivity contribution in [1.29, 1.82) is 0 Å². The average molecular weight is 768 g/mol. The summed E-state index contributed by atoms with van der Waals surface area (Å²) in [6.45, 7) is 6.26. The molecular formula is C49H85NO5. The fourth-order valence-electron chi connectivity index (χ4n) is 6.44. The molecule has 3 unspecified atom stereocenters. The number of aliphatic hydroxyl groups is 2. The predicted molar refractivity (Wildman–Crippen MR) is 236 cm³/mol. The van der Waals surface area contributed by atoms with Crippen molar-refractivity contribution in [1.82, 2.24) is 5.32 Å². The van der Waals surface area contributed by atoms with Gasteiger partial charge >= 0.3 is 5.97 Å². The standard InChI is InChI=1S/C49H85NO5/c1-4-7-10-13-16-19-22-23-24-27-30-33-36-39-42-49(54)55-45(40-37-34-31-28-25-20-17-14-11-8-5-2)43-48(53)50-46(44-51)47(52)41-38-35-32-29-26-21-18-15-12-9-6-3/h8,11,14,17,20,24-25,27-28,31,34,37,45-47,51-52H,4-7,9-10,12-13,15-16,18-19,21-23,26,29-30,32-33,35-36,38-44H2,1-3H3,(H,50,53)/b11-8+,17-14+,25-20-,27-24-,31-28-,37-34+. The van der Waals surface area contributed by atoms with Gasteiger partial charge in [0.15, 0.2) is 0 Å². The highest BCUT2D eigenvalue weighted by molar-refractivity contribution is 5.77. The number of hydrogen-bond acceptors (Lipinski definition) is 5. The van der Waals surface area contributed by atoms with Gasteiger partial charge in [0, 0.05) is 12.8 Å². The van der Waals surface area contributed by atoms with E-state index >= 15 is 0 Å². The van der Waals surface area contributed by atoms with Crippen LogP contribution in [0.3, 0.4) is 0 Å². The molecule has 0 aromatic rings. The van der Waals surface area contributed by atoms with Gasteiger partial charge in [-0.1, -0.05) is 209 Å². The van der Waals surface area contributed by atoms with E-state index in [-0.39, 0.29) is 24.9 Å². The summed E-state index contributed by atoms with van der Waals surface area (Å²) in [4.78, 5) is 25.9. The van der Waals surface area contributed by atoms with Crippen LogP contribution in [0.25, 0.3) is 0 Å². The first-order valence-electron chi connectivity index (χ1n) is 22.7. The molecule has 0 fully saturated rings. The van der Waals surface area contributed by atoms with Crippen LogP contribution in [0.2, 0.25) is 0 Å². The maximum absolute atomic E-state index is 13.1. The Balaban J connectivity index is 4.75. The van der Waals surface area contributed by atoms with Gasteiger partial charge in [-0.3, -0.25) is 9.59 Å². The summed E-state index contributed by atoms with van der Waals surface area (Å²) in [6.07, 6.45) is 52.7. The number of ether oxygens (including phenoxy) is 1. The molecule has 0 aromatic carbocycles. The number of hydrogen-bond donors (Lipinski definition) is 3. The zero-order valence-electron chi connectivity index (χ0n) is 35.8. The molecule has 6 nitrogen and oxygen atoms in total.